The normalized spacial score (nSPS) is 14.3. The van der Waals surface area contributed by atoms with Gasteiger partial charge in [-0.15, -0.1) is 6.58 Å². The largest absolute Gasteiger partial charge is 0.324 e. The van der Waals surface area contributed by atoms with Gasteiger partial charge in [0, 0.05) is 6.04 Å². The molecule has 0 heterocycles. The highest BCUT2D eigenvalue weighted by atomic mass is 14.6. The van der Waals surface area contributed by atoms with Crippen LogP contribution in [0.4, 0.5) is 0 Å². The molecule has 1 heteroatoms. The van der Waals surface area contributed by atoms with Crippen LogP contribution in [0.15, 0.2) is 12.7 Å². The van der Waals surface area contributed by atoms with Crippen molar-refractivity contribution in [2.24, 2.45) is 11.7 Å². The molecule has 0 amide bonds. The zero-order valence-corrected chi connectivity index (χ0v) is 5.02. The summed E-state index contributed by atoms with van der Waals surface area (Å²) in [6, 6.07) is 0.167. The third-order valence-corrected chi connectivity index (χ3v) is 1.04. The second-order valence-corrected chi connectivity index (χ2v) is 2.06. The average molecular weight is 99.2 g/mol. The van der Waals surface area contributed by atoms with E-state index in [2.05, 4.69) is 20.4 Å². The van der Waals surface area contributed by atoms with Crippen molar-refractivity contribution in [3.8, 4) is 0 Å². The predicted octanol–water partition coefficient (Wildman–Crippen LogP) is 1.16. The molecular formula is C6H13N. The Morgan fingerprint density at radius 1 is 1.57 bits per heavy atom. The van der Waals surface area contributed by atoms with Crippen LogP contribution in [0, 0.1) is 5.92 Å². The first-order valence-corrected chi connectivity index (χ1v) is 2.56. The van der Waals surface area contributed by atoms with E-state index in [4.69, 9.17) is 5.73 Å². The Labute approximate surface area is 45.2 Å². The van der Waals surface area contributed by atoms with Crippen LogP contribution in [0.5, 0.6) is 0 Å². The second-order valence-electron chi connectivity index (χ2n) is 2.06. The van der Waals surface area contributed by atoms with Crippen molar-refractivity contribution in [1.29, 1.82) is 0 Å². The van der Waals surface area contributed by atoms with Gasteiger partial charge in [0.05, 0.1) is 0 Å². The van der Waals surface area contributed by atoms with E-state index < -0.39 is 0 Å². The fourth-order valence-corrected chi connectivity index (χ4v) is 0.272. The third-order valence-electron chi connectivity index (χ3n) is 1.04. The summed E-state index contributed by atoms with van der Waals surface area (Å²) in [5.41, 5.74) is 5.50. The maximum atomic E-state index is 5.50. The fourth-order valence-electron chi connectivity index (χ4n) is 0.272. The molecule has 1 unspecified atom stereocenters. The molecule has 0 fully saturated rings. The van der Waals surface area contributed by atoms with Gasteiger partial charge in [-0.1, -0.05) is 19.9 Å². The van der Waals surface area contributed by atoms with Crippen LogP contribution >= 0.6 is 0 Å². The highest BCUT2D eigenvalue weighted by Crippen LogP contribution is 1.96. The molecule has 0 saturated heterocycles. The van der Waals surface area contributed by atoms with Crippen LogP contribution < -0.4 is 5.73 Å². The monoisotopic (exact) mass is 99.1 g/mol. The van der Waals surface area contributed by atoms with Crippen LogP contribution in [0.2, 0.25) is 0 Å². The summed E-state index contributed by atoms with van der Waals surface area (Å²) >= 11 is 0. The molecule has 0 spiro atoms. The van der Waals surface area contributed by atoms with Gasteiger partial charge in [-0.25, -0.2) is 0 Å². The summed E-state index contributed by atoms with van der Waals surface area (Å²) in [7, 11) is 0. The van der Waals surface area contributed by atoms with Gasteiger partial charge >= 0.3 is 0 Å². The summed E-state index contributed by atoms with van der Waals surface area (Å²) in [5.74, 6) is 0.525. The molecule has 0 aromatic heterocycles. The first-order chi connectivity index (χ1) is 3.18. The maximum absolute atomic E-state index is 5.50. The highest BCUT2D eigenvalue weighted by molar-refractivity contribution is 4.84. The zero-order valence-electron chi connectivity index (χ0n) is 5.02. The Morgan fingerprint density at radius 2 is 2.00 bits per heavy atom. The van der Waals surface area contributed by atoms with Crippen molar-refractivity contribution in [2.45, 2.75) is 19.9 Å². The van der Waals surface area contributed by atoms with Gasteiger partial charge < -0.3 is 5.73 Å². The van der Waals surface area contributed by atoms with Crippen LogP contribution in [-0.4, -0.2) is 6.04 Å². The van der Waals surface area contributed by atoms with Gasteiger partial charge in [0.25, 0.3) is 0 Å². The molecule has 7 heavy (non-hydrogen) atoms. The Kier molecular flexibility index (Phi) is 2.68. The van der Waals surface area contributed by atoms with E-state index in [0.717, 1.165) is 0 Å². The minimum Gasteiger partial charge on any atom is -0.324 e. The van der Waals surface area contributed by atoms with Crippen molar-refractivity contribution in [3.63, 3.8) is 0 Å². The minimum absolute atomic E-state index is 0.167. The van der Waals surface area contributed by atoms with Crippen molar-refractivity contribution < 1.29 is 0 Å². The summed E-state index contributed by atoms with van der Waals surface area (Å²) < 4.78 is 0. The van der Waals surface area contributed by atoms with E-state index in [0.29, 0.717) is 5.92 Å². The molecule has 0 saturated carbocycles. The summed E-state index contributed by atoms with van der Waals surface area (Å²) in [5, 5.41) is 0. The molecule has 0 aliphatic carbocycles. The third kappa shape index (κ3) is 2.40. The number of hydrogen-bond donors (Lipinski definition) is 1. The van der Waals surface area contributed by atoms with E-state index in [-0.39, 0.29) is 6.04 Å². The van der Waals surface area contributed by atoms with Crippen LogP contribution in [-0.2, 0) is 0 Å². The van der Waals surface area contributed by atoms with E-state index in [1.54, 1.807) is 6.08 Å². The van der Waals surface area contributed by atoms with E-state index in [1.807, 2.05) is 0 Å². The molecule has 0 aromatic rings. The van der Waals surface area contributed by atoms with Crippen molar-refractivity contribution in [3.05, 3.63) is 12.7 Å². The molecule has 0 aliphatic rings. The smallest absolute Gasteiger partial charge is 0.0244 e. The molecule has 0 aromatic carbocycles. The first kappa shape index (κ1) is 6.70. The lowest BCUT2D eigenvalue weighted by atomic mass is 10.1. The van der Waals surface area contributed by atoms with E-state index in [1.165, 1.54) is 0 Å². The molecule has 0 radical (unpaired) electrons. The molecule has 1 atom stereocenters. The summed E-state index contributed by atoms with van der Waals surface area (Å²) in [4.78, 5) is 0. The van der Waals surface area contributed by atoms with E-state index in [9.17, 15) is 0 Å². The summed E-state index contributed by atoms with van der Waals surface area (Å²) in [6.07, 6.45) is 1.77. The highest BCUT2D eigenvalue weighted by Gasteiger charge is 1.98. The summed E-state index contributed by atoms with van der Waals surface area (Å²) in [6.45, 7) is 7.71. The second kappa shape index (κ2) is 2.80. The van der Waals surface area contributed by atoms with Crippen LogP contribution in [0.1, 0.15) is 13.8 Å². The Bertz CT molecular complexity index is 57.2. The fraction of sp³-hybridized carbons (Fsp3) is 0.667. The first-order valence-electron chi connectivity index (χ1n) is 2.56. The number of hydrogen-bond acceptors (Lipinski definition) is 1. The average Bonchev–Trinajstić information content (AvgIpc) is 1.65. The van der Waals surface area contributed by atoms with Crippen molar-refractivity contribution in [1.82, 2.24) is 0 Å². The molecule has 0 aliphatic heterocycles. The predicted molar refractivity (Wildman–Crippen MR) is 33.0 cm³/mol. The Morgan fingerprint density at radius 3 is 2.00 bits per heavy atom. The Balaban J connectivity index is 3.33. The van der Waals surface area contributed by atoms with Crippen molar-refractivity contribution >= 4 is 0 Å². The van der Waals surface area contributed by atoms with Gasteiger partial charge in [0.15, 0.2) is 0 Å². The molecule has 0 rings (SSSR count). The maximum Gasteiger partial charge on any atom is 0.0244 e. The van der Waals surface area contributed by atoms with E-state index >= 15 is 0 Å². The van der Waals surface area contributed by atoms with Gasteiger partial charge in [-0.3, -0.25) is 0 Å². The number of nitrogens with two attached hydrogens (primary N) is 1. The van der Waals surface area contributed by atoms with Gasteiger partial charge in [0.2, 0.25) is 0 Å². The molecule has 2 N–H and O–H groups in total. The lowest BCUT2D eigenvalue weighted by molar-refractivity contribution is 0.572. The van der Waals surface area contributed by atoms with Crippen molar-refractivity contribution in [2.75, 3.05) is 0 Å². The van der Waals surface area contributed by atoms with Gasteiger partial charge in [-0.05, 0) is 5.92 Å². The standard InChI is InChI=1S/C6H13N/c1-4-6(7)5(2)3/h4-6H,1,7H2,2-3H3. The minimum atomic E-state index is 0.167. The topological polar surface area (TPSA) is 26.0 Å². The van der Waals surface area contributed by atoms with Crippen LogP contribution in [0.25, 0.3) is 0 Å². The molecule has 0 bridgehead atoms. The van der Waals surface area contributed by atoms with Gasteiger partial charge in [0.1, 0.15) is 0 Å². The van der Waals surface area contributed by atoms with Crippen LogP contribution in [0.3, 0.4) is 0 Å². The molecular weight excluding hydrogens is 86.1 g/mol. The lowest BCUT2D eigenvalue weighted by Gasteiger charge is -2.07. The van der Waals surface area contributed by atoms with Gasteiger partial charge in [-0.2, -0.15) is 0 Å². The molecule has 42 valence electrons. The lowest BCUT2D eigenvalue weighted by Crippen LogP contribution is -2.22. The molecule has 1 nitrogen and oxygen atoms in total. The quantitative estimate of drug-likeness (QED) is 0.516. The zero-order chi connectivity index (χ0) is 5.86. The Hall–Kier alpha value is -0.300. The number of rotatable bonds is 2. The SMILES string of the molecule is C=CC(N)C(C)C.